The van der Waals surface area contributed by atoms with Gasteiger partial charge in [-0.3, -0.25) is 0 Å². The van der Waals surface area contributed by atoms with Gasteiger partial charge in [0, 0.05) is 0 Å². The standard InChI is InChI=1S/C10H16NSi.Li/c1-11(2)9-5-7-10(8-6-9)12(3)4;/h5-8H,1-4H3;. The molecular weight excluding hydrogens is 169 g/mol. The van der Waals surface area contributed by atoms with Crippen molar-refractivity contribution in [3.63, 3.8) is 0 Å². The van der Waals surface area contributed by atoms with Crippen LogP contribution < -0.4 is 10.1 Å². The topological polar surface area (TPSA) is 3.24 Å². The van der Waals surface area contributed by atoms with E-state index in [1.54, 1.807) is 0 Å². The van der Waals surface area contributed by atoms with Gasteiger partial charge in [0.2, 0.25) is 0 Å². The van der Waals surface area contributed by atoms with Gasteiger partial charge in [-0.1, -0.05) is 0 Å². The summed E-state index contributed by atoms with van der Waals surface area (Å²) in [4.78, 5) is 2.13. The molecule has 1 aromatic carbocycles. The van der Waals surface area contributed by atoms with Crippen molar-refractivity contribution >= 4 is 34.3 Å². The van der Waals surface area contributed by atoms with Crippen molar-refractivity contribution < 1.29 is 0 Å². The van der Waals surface area contributed by atoms with Crippen LogP contribution in [0.4, 0.5) is 5.69 Å². The van der Waals surface area contributed by atoms with Gasteiger partial charge in [0.25, 0.3) is 0 Å². The molecule has 0 atom stereocenters. The maximum atomic E-state index is 2.37. The Balaban J connectivity index is 2.94. The summed E-state index contributed by atoms with van der Waals surface area (Å²) in [6.07, 6.45) is -1.11. The molecule has 0 fully saturated rings. The summed E-state index contributed by atoms with van der Waals surface area (Å²) in [6, 6.07) is 8.93. The molecule has 66 valence electrons. The fourth-order valence-corrected chi connectivity index (χ4v) is 2.43. The van der Waals surface area contributed by atoms with Crippen molar-refractivity contribution in [3.05, 3.63) is 24.3 Å². The van der Waals surface area contributed by atoms with Crippen LogP contribution >= 0.6 is 0 Å². The second-order valence-electron chi connectivity index (χ2n) is 4.69. The van der Waals surface area contributed by atoms with E-state index in [1.165, 1.54) is 10.9 Å². The summed E-state index contributed by atoms with van der Waals surface area (Å²) in [5.41, 5.74) is 1.28. The molecule has 0 aliphatic heterocycles. The molecule has 0 saturated heterocycles. The molecule has 0 saturated carbocycles. The number of nitrogens with zero attached hydrogens (tertiary/aromatic N) is 1. The minimum absolute atomic E-state index is 1.11. The quantitative estimate of drug-likeness (QED) is 0.628. The predicted molar refractivity (Wildman–Crippen MR) is 63.6 cm³/mol. The number of benzene rings is 1. The summed E-state index contributed by atoms with van der Waals surface area (Å²) in [5.74, 6) is 0. The monoisotopic (exact) mass is 185 g/mol. The van der Waals surface area contributed by atoms with Crippen LogP contribution in [0.2, 0.25) is 13.1 Å². The van der Waals surface area contributed by atoms with E-state index in [0.717, 1.165) is 0 Å². The Hall–Kier alpha value is -0.166. The molecule has 0 aliphatic carbocycles. The summed E-state index contributed by atoms with van der Waals surface area (Å²) in [5, 5.41) is 1.53. The predicted octanol–water partition coefficient (Wildman–Crippen LogP) is 1.33. The number of anilines is 1. The average Bonchev–Trinajstić information content (AvgIpc) is 2.03. The first kappa shape index (κ1) is 10.9. The Morgan fingerprint density at radius 3 is 1.85 bits per heavy atom. The second kappa shape index (κ2) is 3.92. The molecule has 0 aromatic heterocycles. The minimum atomic E-state index is -1.11. The molecule has 13 heavy (non-hydrogen) atoms. The van der Waals surface area contributed by atoms with Gasteiger partial charge in [-0.2, -0.15) is 0 Å². The summed E-state index contributed by atoms with van der Waals surface area (Å²) in [7, 11) is 4.15. The second-order valence-corrected chi connectivity index (χ2v) is 9.77. The summed E-state index contributed by atoms with van der Waals surface area (Å²) >= 11 is 2.37. The zero-order chi connectivity index (χ0) is 10.1. The Bertz CT molecular complexity index is 274. The molecule has 0 bridgehead atoms. The first-order chi connectivity index (χ1) is 5.91. The van der Waals surface area contributed by atoms with E-state index in [1.807, 2.05) is 0 Å². The molecule has 1 aromatic rings. The Kier molecular flexibility index (Phi) is 3.29. The van der Waals surface area contributed by atoms with Crippen molar-refractivity contribution in [2.75, 3.05) is 19.0 Å². The molecule has 0 amide bonds. The van der Waals surface area contributed by atoms with Gasteiger partial charge >= 0.3 is 90.7 Å². The third-order valence-corrected chi connectivity index (χ3v) is 4.32. The Labute approximate surface area is 90.7 Å². The van der Waals surface area contributed by atoms with Crippen LogP contribution in [0.5, 0.6) is 0 Å². The molecule has 3 heteroatoms. The molecule has 0 radical (unpaired) electrons. The molecule has 0 N–H and O–H groups in total. The van der Waals surface area contributed by atoms with Gasteiger partial charge in [-0.25, -0.2) is 0 Å². The normalized spacial score (nSPS) is 11.5. The van der Waals surface area contributed by atoms with E-state index < -0.39 is 6.40 Å². The molecule has 0 spiro atoms. The van der Waals surface area contributed by atoms with E-state index in [4.69, 9.17) is 0 Å². The van der Waals surface area contributed by atoms with Gasteiger partial charge in [0.05, 0.1) is 0 Å². The first-order valence-electron chi connectivity index (χ1n) is 4.69. The first-order valence-corrected chi connectivity index (χ1v) is 8.19. The molecule has 0 heterocycles. The fourth-order valence-electron chi connectivity index (χ4n) is 1.26. The van der Waals surface area contributed by atoms with Crippen LogP contribution in [0.1, 0.15) is 0 Å². The van der Waals surface area contributed by atoms with Gasteiger partial charge in [0.15, 0.2) is 0 Å². The van der Waals surface area contributed by atoms with E-state index in [2.05, 4.69) is 73.4 Å². The SMILES string of the molecule is [Li][Si](C)(C)c1ccc(N(C)C)cc1. The van der Waals surface area contributed by atoms with Crippen LogP contribution in [0, 0.1) is 0 Å². The van der Waals surface area contributed by atoms with Crippen LogP contribution in [-0.4, -0.2) is 37.5 Å². The van der Waals surface area contributed by atoms with Crippen LogP contribution in [0.15, 0.2) is 24.3 Å². The van der Waals surface area contributed by atoms with Crippen LogP contribution in [0.3, 0.4) is 0 Å². The number of hydrogen-bond donors (Lipinski definition) is 0. The van der Waals surface area contributed by atoms with E-state index in [-0.39, 0.29) is 0 Å². The molecule has 1 rings (SSSR count). The van der Waals surface area contributed by atoms with E-state index in [9.17, 15) is 0 Å². The summed E-state index contributed by atoms with van der Waals surface area (Å²) < 4.78 is 0. The molecule has 1 nitrogen and oxygen atoms in total. The van der Waals surface area contributed by atoms with E-state index >= 15 is 0 Å². The zero-order valence-electron chi connectivity index (χ0n) is 9.26. The van der Waals surface area contributed by atoms with Crippen LogP contribution in [-0.2, 0) is 0 Å². The molecule has 0 aliphatic rings. The van der Waals surface area contributed by atoms with Gasteiger partial charge in [-0.15, -0.1) is 0 Å². The number of hydrogen-bond acceptors (Lipinski definition) is 1. The third-order valence-electron chi connectivity index (χ3n) is 2.25. The van der Waals surface area contributed by atoms with Crippen molar-refractivity contribution in [1.29, 1.82) is 0 Å². The van der Waals surface area contributed by atoms with Gasteiger partial charge in [-0.05, 0) is 0 Å². The Morgan fingerprint density at radius 1 is 1.08 bits per heavy atom. The summed E-state index contributed by atoms with van der Waals surface area (Å²) in [6.45, 7) is 4.75. The third kappa shape index (κ3) is 2.91. The van der Waals surface area contributed by atoms with Crippen LogP contribution in [0.25, 0.3) is 0 Å². The van der Waals surface area contributed by atoms with Gasteiger partial charge < -0.3 is 0 Å². The van der Waals surface area contributed by atoms with E-state index in [0.29, 0.717) is 0 Å². The molecular formula is C10H16LiNSi. The van der Waals surface area contributed by atoms with Crippen molar-refractivity contribution in [1.82, 2.24) is 0 Å². The van der Waals surface area contributed by atoms with Crippen molar-refractivity contribution in [2.45, 2.75) is 13.1 Å². The zero-order valence-corrected chi connectivity index (χ0v) is 10.3. The number of rotatable bonds is 2. The van der Waals surface area contributed by atoms with Crippen molar-refractivity contribution in [3.8, 4) is 0 Å². The average molecular weight is 185 g/mol. The van der Waals surface area contributed by atoms with Gasteiger partial charge in [0.1, 0.15) is 0 Å². The Morgan fingerprint density at radius 2 is 1.54 bits per heavy atom. The fraction of sp³-hybridized carbons (Fsp3) is 0.400. The molecule has 0 unspecified atom stereocenters. The maximum absolute atomic E-state index is 2.37. The van der Waals surface area contributed by atoms with Crippen molar-refractivity contribution in [2.24, 2.45) is 0 Å².